The quantitative estimate of drug-likeness (QED) is 0.559. The van der Waals surface area contributed by atoms with Gasteiger partial charge in [0.15, 0.2) is 0 Å². The van der Waals surface area contributed by atoms with E-state index >= 15 is 0 Å². The van der Waals surface area contributed by atoms with Crippen molar-refractivity contribution in [2.24, 2.45) is 0 Å². The summed E-state index contributed by atoms with van der Waals surface area (Å²) in [6.07, 6.45) is 4.00. The molecule has 0 radical (unpaired) electrons. The highest BCUT2D eigenvalue weighted by molar-refractivity contribution is 6.01. The van der Waals surface area contributed by atoms with Gasteiger partial charge in [-0.2, -0.15) is 0 Å². The number of aromatic nitrogens is 2. The average molecular weight is 418 g/mol. The van der Waals surface area contributed by atoms with Crippen molar-refractivity contribution in [1.82, 2.24) is 25.1 Å². The minimum atomic E-state index is -0.535. The van der Waals surface area contributed by atoms with Crippen molar-refractivity contribution in [1.29, 1.82) is 0 Å². The van der Waals surface area contributed by atoms with Crippen molar-refractivity contribution in [2.45, 2.75) is 32.8 Å². The zero-order chi connectivity index (χ0) is 22.3. The summed E-state index contributed by atoms with van der Waals surface area (Å²) in [6.45, 7) is 7.90. The topological polar surface area (TPSA) is 108 Å². The zero-order valence-electron chi connectivity index (χ0n) is 18.2. The van der Waals surface area contributed by atoms with Crippen LogP contribution in [0, 0.1) is 0 Å². The van der Waals surface area contributed by atoms with E-state index in [1.54, 1.807) is 42.2 Å². The molecule has 0 aromatic carbocycles. The number of hydrogen-bond acceptors (Lipinski definition) is 8. The normalized spacial score (nSPS) is 15.3. The predicted octanol–water partition coefficient (Wildman–Crippen LogP) is 1.10. The summed E-state index contributed by atoms with van der Waals surface area (Å²) in [5, 5.41) is 2.13. The standard InChI is InChI=1S/C20H30N6O4/c1-20(2,3)30-19(29)26-10-6-9-25(11-12-26)18-21-8-7-15(23-18)13-16(24(4)5)17(28)22-14-27/h7-8,13-14H,6,9-12H2,1-5H3,(H,22,27,28)/b16-13-. The van der Waals surface area contributed by atoms with Gasteiger partial charge >= 0.3 is 6.09 Å². The molecule has 1 N–H and O–H groups in total. The van der Waals surface area contributed by atoms with Gasteiger partial charge in [-0.25, -0.2) is 14.8 Å². The van der Waals surface area contributed by atoms with Crippen LogP contribution in [-0.2, 0) is 14.3 Å². The first kappa shape index (κ1) is 23.1. The summed E-state index contributed by atoms with van der Waals surface area (Å²) in [6, 6.07) is 1.69. The second-order valence-corrected chi connectivity index (χ2v) is 8.10. The molecule has 1 aromatic heterocycles. The highest BCUT2D eigenvalue weighted by atomic mass is 16.6. The summed E-state index contributed by atoms with van der Waals surface area (Å²) in [4.78, 5) is 49.2. The predicted molar refractivity (Wildman–Crippen MR) is 113 cm³/mol. The van der Waals surface area contributed by atoms with Gasteiger partial charge in [-0.1, -0.05) is 0 Å². The van der Waals surface area contributed by atoms with Gasteiger partial charge in [-0.05, 0) is 39.3 Å². The van der Waals surface area contributed by atoms with E-state index in [9.17, 15) is 14.4 Å². The fourth-order valence-electron chi connectivity index (χ4n) is 2.89. The van der Waals surface area contributed by atoms with E-state index in [4.69, 9.17) is 4.74 Å². The molecule has 0 atom stereocenters. The maximum atomic E-state index is 12.3. The molecule has 1 aliphatic rings. The first-order valence-corrected chi connectivity index (χ1v) is 9.80. The van der Waals surface area contributed by atoms with Gasteiger partial charge < -0.3 is 19.4 Å². The maximum Gasteiger partial charge on any atom is 0.410 e. The van der Waals surface area contributed by atoms with E-state index in [1.165, 1.54) is 0 Å². The second kappa shape index (κ2) is 10.0. The van der Waals surface area contributed by atoms with Crippen molar-refractivity contribution in [3.63, 3.8) is 0 Å². The van der Waals surface area contributed by atoms with Gasteiger partial charge in [0.1, 0.15) is 11.3 Å². The number of carbonyl (C=O) groups is 3. The molecule has 2 heterocycles. The number of carbonyl (C=O) groups excluding carboxylic acids is 3. The Kier molecular flexibility index (Phi) is 7.73. The number of amides is 3. The van der Waals surface area contributed by atoms with E-state index < -0.39 is 11.5 Å². The first-order chi connectivity index (χ1) is 14.1. The van der Waals surface area contributed by atoms with Crippen LogP contribution in [0.15, 0.2) is 18.0 Å². The van der Waals surface area contributed by atoms with Crippen LogP contribution in [0.2, 0.25) is 0 Å². The third-order valence-electron chi connectivity index (χ3n) is 4.28. The molecule has 1 aliphatic heterocycles. The van der Waals surface area contributed by atoms with Crippen LogP contribution in [0.3, 0.4) is 0 Å². The Morgan fingerprint density at radius 1 is 1.20 bits per heavy atom. The Balaban J connectivity index is 2.14. The number of ether oxygens (including phenoxy) is 1. The van der Waals surface area contributed by atoms with Crippen LogP contribution in [0.1, 0.15) is 32.9 Å². The van der Waals surface area contributed by atoms with Crippen LogP contribution in [0.5, 0.6) is 0 Å². The lowest BCUT2D eigenvalue weighted by Crippen LogP contribution is -2.39. The fraction of sp³-hybridized carbons (Fsp3) is 0.550. The Morgan fingerprint density at radius 2 is 1.93 bits per heavy atom. The van der Waals surface area contributed by atoms with Gasteiger partial charge in [-0.15, -0.1) is 0 Å². The van der Waals surface area contributed by atoms with Crippen molar-refractivity contribution in [3.8, 4) is 0 Å². The molecule has 0 unspecified atom stereocenters. The third-order valence-corrected chi connectivity index (χ3v) is 4.28. The number of rotatable bonds is 5. The molecule has 30 heavy (non-hydrogen) atoms. The summed E-state index contributed by atoms with van der Waals surface area (Å²) in [5.74, 6) is 0.00151. The molecule has 2 rings (SSSR count). The average Bonchev–Trinajstić information content (AvgIpc) is 2.91. The van der Waals surface area contributed by atoms with Crippen molar-refractivity contribution in [2.75, 3.05) is 45.2 Å². The first-order valence-electron chi connectivity index (χ1n) is 9.80. The summed E-state index contributed by atoms with van der Waals surface area (Å²) in [5.41, 5.74) is 0.296. The zero-order valence-corrected chi connectivity index (χ0v) is 18.2. The van der Waals surface area contributed by atoms with E-state index in [0.29, 0.717) is 49.9 Å². The summed E-state index contributed by atoms with van der Waals surface area (Å²) < 4.78 is 5.46. The molecule has 0 bridgehead atoms. The van der Waals surface area contributed by atoms with Gasteiger partial charge in [0.2, 0.25) is 12.4 Å². The molecular weight excluding hydrogens is 388 g/mol. The maximum absolute atomic E-state index is 12.3. The largest absolute Gasteiger partial charge is 0.444 e. The van der Waals surface area contributed by atoms with Crippen LogP contribution >= 0.6 is 0 Å². The SMILES string of the molecule is CN(C)/C(=C\c1ccnc(N2CCCN(C(=O)OC(C)(C)C)CC2)n1)C(=O)NC=O. The number of imide groups is 1. The molecule has 164 valence electrons. The lowest BCUT2D eigenvalue weighted by atomic mass is 10.2. The summed E-state index contributed by atoms with van der Waals surface area (Å²) in [7, 11) is 3.41. The number of hydrogen-bond donors (Lipinski definition) is 1. The minimum absolute atomic E-state index is 0.290. The number of nitrogens with one attached hydrogen (secondary N) is 1. The fourth-order valence-corrected chi connectivity index (χ4v) is 2.89. The Morgan fingerprint density at radius 3 is 2.57 bits per heavy atom. The number of anilines is 1. The molecule has 0 saturated carbocycles. The highest BCUT2D eigenvalue weighted by Crippen LogP contribution is 2.16. The van der Waals surface area contributed by atoms with Gasteiger partial charge in [0, 0.05) is 46.5 Å². The van der Waals surface area contributed by atoms with Crippen LogP contribution in [0.4, 0.5) is 10.7 Å². The molecule has 1 fully saturated rings. The number of nitrogens with zero attached hydrogens (tertiary/aromatic N) is 5. The van der Waals surface area contributed by atoms with E-state index in [1.807, 2.05) is 25.7 Å². The van der Waals surface area contributed by atoms with Crippen LogP contribution < -0.4 is 10.2 Å². The Bertz CT molecular complexity index is 803. The van der Waals surface area contributed by atoms with Crippen LogP contribution in [0.25, 0.3) is 6.08 Å². The molecule has 1 saturated heterocycles. The summed E-state index contributed by atoms with van der Waals surface area (Å²) >= 11 is 0. The van der Waals surface area contributed by atoms with Gasteiger partial charge in [-0.3, -0.25) is 14.9 Å². The van der Waals surface area contributed by atoms with E-state index in [-0.39, 0.29) is 6.09 Å². The molecule has 1 aromatic rings. The monoisotopic (exact) mass is 418 g/mol. The lowest BCUT2D eigenvalue weighted by Gasteiger charge is -2.26. The molecule has 3 amide bonds. The smallest absolute Gasteiger partial charge is 0.410 e. The second-order valence-electron chi connectivity index (χ2n) is 8.10. The van der Waals surface area contributed by atoms with E-state index in [2.05, 4.69) is 15.3 Å². The van der Waals surface area contributed by atoms with E-state index in [0.717, 1.165) is 6.42 Å². The Hall–Kier alpha value is -3.17. The van der Waals surface area contributed by atoms with Crippen molar-refractivity contribution < 1.29 is 19.1 Å². The molecule has 0 aliphatic carbocycles. The van der Waals surface area contributed by atoms with Crippen molar-refractivity contribution in [3.05, 3.63) is 23.7 Å². The highest BCUT2D eigenvalue weighted by Gasteiger charge is 2.25. The Labute approximate surface area is 176 Å². The molecule has 0 spiro atoms. The molecule has 10 nitrogen and oxygen atoms in total. The molecular formula is C20H30N6O4. The van der Waals surface area contributed by atoms with Crippen molar-refractivity contribution >= 4 is 30.4 Å². The third kappa shape index (κ3) is 6.71. The van der Waals surface area contributed by atoms with Gasteiger partial charge in [0.05, 0.1) is 5.69 Å². The lowest BCUT2D eigenvalue weighted by molar-refractivity contribution is -0.123. The molecule has 10 heteroatoms. The van der Waals surface area contributed by atoms with Crippen LogP contribution in [-0.4, -0.2) is 84.1 Å². The van der Waals surface area contributed by atoms with Gasteiger partial charge in [0.25, 0.3) is 5.91 Å². The number of likely N-dealkylation sites (N-methyl/N-ethyl adjacent to an activating group) is 1. The minimum Gasteiger partial charge on any atom is -0.444 e.